The van der Waals surface area contributed by atoms with E-state index in [0.29, 0.717) is 49.8 Å². The van der Waals surface area contributed by atoms with Gasteiger partial charge in [-0.15, -0.1) is 0 Å². The van der Waals surface area contributed by atoms with E-state index in [1.807, 2.05) is 0 Å². The van der Waals surface area contributed by atoms with Crippen LogP contribution < -0.4 is 25.8 Å². The molecule has 2 fully saturated rings. The van der Waals surface area contributed by atoms with Gasteiger partial charge in [-0.3, -0.25) is 9.59 Å². The van der Waals surface area contributed by atoms with E-state index in [1.54, 1.807) is 19.3 Å². The number of carbonyl (C=O) groups is 2. The normalized spacial score (nSPS) is 16.3. The maximum absolute atomic E-state index is 13.1. The lowest BCUT2D eigenvalue weighted by atomic mass is 10.0. The number of hydrogen-bond donors (Lipinski definition) is 2. The van der Waals surface area contributed by atoms with Crippen LogP contribution in [0.3, 0.4) is 0 Å². The average molecular weight is 523 g/mol. The fourth-order valence-electron chi connectivity index (χ4n) is 4.29. The standard InChI is InChI=1S/C24H29F3N6O4/c1-31-13-15(24(25,26)27)10-17(22(31)35)29-23(36)32(2)16-6-8-33(9-7-16)18-12-28-20(11-19(18)37-3)30-21(34)14-4-5-14/h10-14,16H,4-9H2,1-3H3,(H,29,36)(H,28,30,34). The summed E-state index contributed by atoms with van der Waals surface area (Å²) in [7, 11) is 4.28. The number of rotatable bonds is 6. The van der Waals surface area contributed by atoms with Crippen molar-refractivity contribution < 1.29 is 27.5 Å². The molecule has 0 spiro atoms. The fourth-order valence-corrected chi connectivity index (χ4v) is 4.29. The molecule has 1 aliphatic carbocycles. The largest absolute Gasteiger partial charge is 0.494 e. The summed E-state index contributed by atoms with van der Waals surface area (Å²) < 4.78 is 45.7. The van der Waals surface area contributed by atoms with E-state index in [2.05, 4.69) is 20.5 Å². The third kappa shape index (κ3) is 5.97. The van der Waals surface area contributed by atoms with E-state index in [-0.39, 0.29) is 17.9 Å². The molecule has 200 valence electrons. The molecule has 0 radical (unpaired) electrons. The van der Waals surface area contributed by atoms with Gasteiger partial charge >= 0.3 is 12.2 Å². The summed E-state index contributed by atoms with van der Waals surface area (Å²) in [6, 6.07) is 1.47. The van der Waals surface area contributed by atoms with Gasteiger partial charge in [0.2, 0.25) is 5.91 Å². The molecule has 10 nitrogen and oxygen atoms in total. The fraction of sp³-hybridized carbons (Fsp3) is 0.500. The van der Waals surface area contributed by atoms with Crippen molar-refractivity contribution in [1.82, 2.24) is 14.5 Å². The summed E-state index contributed by atoms with van der Waals surface area (Å²) in [5.74, 6) is 0.986. The summed E-state index contributed by atoms with van der Waals surface area (Å²) in [5, 5.41) is 5.13. The highest BCUT2D eigenvalue weighted by Gasteiger charge is 2.33. The van der Waals surface area contributed by atoms with Crippen LogP contribution in [-0.2, 0) is 18.0 Å². The van der Waals surface area contributed by atoms with E-state index < -0.39 is 29.0 Å². The van der Waals surface area contributed by atoms with E-state index in [0.717, 1.165) is 23.1 Å². The number of aryl methyl sites for hydroxylation is 1. The Hall–Kier alpha value is -3.77. The van der Waals surface area contributed by atoms with Crippen molar-refractivity contribution in [1.29, 1.82) is 0 Å². The molecule has 3 heterocycles. The van der Waals surface area contributed by atoms with Crippen molar-refractivity contribution in [2.75, 3.05) is 42.8 Å². The van der Waals surface area contributed by atoms with Gasteiger partial charge < -0.3 is 29.7 Å². The molecule has 13 heteroatoms. The van der Waals surface area contributed by atoms with E-state index in [9.17, 15) is 27.6 Å². The molecule has 0 unspecified atom stereocenters. The predicted octanol–water partition coefficient (Wildman–Crippen LogP) is 3.29. The Bertz CT molecular complexity index is 1240. The Kier molecular flexibility index (Phi) is 7.32. The first-order chi connectivity index (χ1) is 17.5. The Balaban J connectivity index is 1.38. The minimum atomic E-state index is -4.65. The minimum Gasteiger partial charge on any atom is -0.494 e. The predicted molar refractivity (Wildman–Crippen MR) is 131 cm³/mol. The lowest BCUT2D eigenvalue weighted by molar-refractivity contribution is -0.138. The SMILES string of the molecule is COc1cc(NC(=O)C2CC2)ncc1N1CCC(N(C)C(=O)Nc2cc(C(F)(F)F)cn(C)c2=O)CC1. The molecule has 1 aliphatic heterocycles. The number of ether oxygens (including phenoxy) is 1. The molecule has 2 aromatic rings. The zero-order valence-electron chi connectivity index (χ0n) is 20.8. The van der Waals surface area contributed by atoms with Crippen molar-refractivity contribution in [3.8, 4) is 5.75 Å². The number of piperidine rings is 1. The van der Waals surface area contributed by atoms with Crippen molar-refractivity contribution in [3.05, 3.63) is 40.4 Å². The monoisotopic (exact) mass is 522 g/mol. The number of urea groups is 1. The van der Waals surface area contributed by atoms with Crippen LogP contribution in [0.5, 0.6) is 5.75 Å². The highest BCUT2D eigenvalue weighted by molar-refractivity contribution is 5.93. The van der Waals surface area contributed by atoms with Crippen LogP contribution in [0.15, 0.2) is 29.3 Å². The molecule has 0 aromatic carbocycles. The van der Waals surface area contributed by atoms with Gasteiger partial charge in [0, 0.05) is 51.4 Å². The third-order valence-corrected chi connectivity index (χ3v) is 6.69. The molecular formula is C24H29F3N6O4. The van der Waals surface area contributed by atoms with Gasteiger partial charge in [0.25, 0.3) is 5.56 Å². The van der Waals surface area contributed by atoms with Crippen molar-refractivity contribution in [2.45, 2.75) is 37.9 Å². The van der Waals surface area contributed by atoms with Gasteiger partial charge in [-0.05, 0) is 31.7 Å². The Morgan fingerprint density at radius 1 is 1.14 bits per heavy atom. The van der Waals surface area contributed by atoms with Crippen LogP contribution in [0.1, 0.15) is 31.2 Å². The minimum absolute atomic E-state index is 0.0487. The average Bonchev–Trinajstić information content (AvgIpc) is 3.71. The maximum Gasteiger partial charge on any atom is 0.417 e. The van der Waals surface area contributed by atoms with Gasteiger partial charge in [-0.1, -0.05) is 0 Å². The molecule has 0 bridgehead atoms. The second-order valence-corrected chi connectivity index (χ2v) is 9.32. The molecule has 3 amide bonds. The van der Waals surface area contributed by atoms with Gasteiger partial charge in [-0.25, -0.2) is 9.78 Å². The number of methoxy groups -OCH3 is 1. The second-order valence-electron chi connectivity index (χ2n) is 9.32. The molecule has 1 saturated carbocycles. The zero-order valence-corrected chi connectivity index (χ0v) is 20.8. The van der Waals surface area contributed by atoms with E-state index in [4.69, 9.17) is 4.74 Å². The van der Waals surface area contributed by atoms with Crippen molar-refractivity contribution in [3.63, 3.8) is 0 Å². The number of pyridine rings is 2. The number of anilines is 3. The number of hydrogen-bond acceptors (Lipinski definition) is 6. The molecule has 1 saturated heterocycles. The van der Waals surface area contributed by atoms with E-state index >= 15 is 0 Å². The van der Waals surface area contributed by atoms with Crippen LogP contribution in [0.2, 0.25) is 0 Å². The maximum atomic E-state index is 13.1. The van der Waals surface area contributed by atoms with Crippen LogP contribution >= 0.6 is 0 Å². The molecule has 4 rings (SSSR count). The highest BCUT2D eigenvalue weighted by atomic mass is 19.4. The van der Waals surface area contributed by atoms with E-state index in [1.165, 1.54) is 19.1 Å². The summed E-state index contributed by atoms with van der Waals surface area (Å²) in [4.78, 5) is 44.9. The molecule has 2 aliphatic rings. The topological polar surface area (TPSA) is 109 Å². The number of nitrogens with one attached hydrogen (secondary N) is 2. The lowest BCUT2D eigenvalue weighted by Gasteiger charge is -2.38. The Morgan fingerprint density at radius 2 is 1.81 bits per heavy atom. The number of aromatic nitrogens is 2. The lowest BCUT2D eigenvalue weighted by Crippen LogP contribution is -2.47. The van der Waals surface area contributed by atoms with Crippen LogP contribution in [0, 0.1) is 5.92 Å². The smallest absolute Gasteiger partial charge is 0.417 e. The number of alkyl halides is 3. The van der Waals surface area contributed by atoms with Gasteiger partial charge in [0.05, 0.1) is 24.6 Å². The number of carbonyl (C=O) groups excluding carboxylic acids is 2. The third-order valence-electron chi connectivity index (χ3n) is 6.69. The highest BCUT2D eigenvalue weighted by Crippen LogP contribution is 2.34. The molecule has 2 aromatic heterocycles. The van der Waals surface area contributed by atoms with Crippen molar-refractivity contribution in [2.24, 2.45) is 13.0 Å². The first kappa shape index (κ1) is 26.3. The first-order valence-corrected chi connectivity index (χ1v) is 11.9. The van der Waals surface area contributed by atoms with Gasteiger partial charge in [0.1, 0.15) is 17.3 Å². The second kappa shape index (κ2) is 10.3. The first-order valence-electron chi connectivity index (χ1n) is 11.9. The van der Waals surface area contributed by atoms with Gasteiger partial charge in [-0.2, -0.15) is 13.2 Å². The molecule has 2 N–H and O–H groups in total. The number of amides is 3. The van der Waals surface area contributed by atoms with Crippen molar-refractivity contribution >= 4 is 29.1 Å². The number of halogens is 3. The molecule has 0 atom stereocenters. The summed E-state index contributed by atoms with van der Waals surface area (Å²) in [6.07, 6.45) is 0.607. The summed E-state index contributed by atoms with van der Waals surface area (Å²) >= 11 is 0. The molecular weight excluding hydrogens is 493 g/mol. The van der Waals surface area contributed by atoms with Crippen LogP contribution in [0.4, 0.5) is 35.2 Å². The number of nitrogens with zero attached hydrogens (tertiary/aromatic N) is 4. The quantitative estimate of drug-likeness (QED) is 0.603. The summed E-state index contributed by atoms with van der Waals surface area (Å²) in [6.45, 7) is 1.14. The Morgan fingerprint density at radius 3 is 2.41 bits per heavy atom. The Labute approximate surface area is 211 Å². The van der Waals surface area contributed by atoms with Crippen LogP contribution in [0.25, 0.3) is 0 Å². The van der Waals surface area contributed by atoms with Crippen LogP contribution in [-0.4, -0.2) is 59.7 Å². The zero-order chi connectivity index (χ0) is 26.9. The summed E-state index contributed by atoms with van der Waals surface area (Å²) in [5.41, 5.74) is -1.44. The van der Waals surface area contributed by atoms with Gasteiger partial charge in [0.15, 0.2) is 0 Å². The molecule has 37 heavy (non-hydrogen) atoms.